The van der Waals surface area contributed by atoms with Crippen molar-refractivity contribution in [3.8, 4) is 0 Å². The zero-order valence-corrected chi connectivity index (χ0v) is 12.7. The molecule has 0 saturated heterocycles. The maximum atomic E-state index is 12.6. The number of sulfonamides is 1. The minimum Gasteiger partial charge on any atom is -0.393 e. The van der Waals surface area contributed by atoms with Crippen LogP contribution in [-0.4, -0.2) is 44.1 Å². The first-order valence-electron chi connectivity index (χ1n) is 6.92. The highest BCUT2D eigenvalue weighted by Crippen LogP contribution is 2.30. The van der Waals surface area contributed by atoms with Crippen LogP contribution in [0.25, 0.3) is 0 Å². The number of anilines is 1. The van der Waals surface area contributed by atoms with E-state index in [-0.39, 0.29) is 12.0 Å². The van der Waals surface area contributed by atoms with Crippen LogP contribution in [0.3, 0.4) is 0 Å². The van der Waals surface area contributed by atoms with E-state index in [0.717, 1.165) is 0 Å². The summed E-state index contributed by atoms with van der Waals surface area (Å²) >= 11 is 0. The molecule has 112 valence electrons. The molecular weight excluding hydrogens is 276 g/mol. The number of hydrogen-bond acceptors (Lipinski definition) is 4. The van der Waals surface area contributed by atoms with Crippen molar-refractivity contribution in [2.45, 2.75) is 30.8 Å². The van der Waals surface area contributed by atoms with E-state index in [1.807, 2.05) is 13.0 Å². The first kappa shape index (κ1) is 15.3. The average molecular weight is 298 g/mol. The van der Waals surface area contributed by atoms with Gasteiger partial charge in [0.05, 0.1) is 11.8 Å². The summed E-state index contributed by atoms with van der Waals surface area (Å²) in [6, 6.07) is 6.95. The van der Waals surface area contributed by atoms with Gasteiger partial charge in [-0.05, 0) is 37.8 Å². The Morgan fingerprint density at radius 1 is 1.35 bits per heavy atom. The molecule has 1 aliphatic rings. The molecule has 1 fully saturated rings. The molecule has 0 heterocycles. The van der Waals surface area contributed by atoms with Gasteiger partial charge >= 0.3 is 0 Å². The van der Waals surface area contributed by atoms with Crippen molar-refractivity contribution in [2.75, 3.05) is 25.5 Å². The standard InChI is InChI=1S/C14H22N2O3S/c1-3-15-13-6-4-5-7-14(13)20(18,19)16(2)10-11-8-12(17)9-11/h4-7,11-12,15,17H,3,8-10H2,1-2H3. The Morgan fingerprint density at radius 2 is 2.00 bits per heavy atom. The zero-order chi connectivity index (χ0) is 14.8. The predicted molar refractivity (Wildman–Crippen MR) is 79.2 cm³/mol. The minimum absolute atomic E-state index is 0.259. The van der Waals surface area contributed by atoms with Crippen molar-refractivity contribution in [2.24, 2.45) is 5.92 Å². The van der Waals surface area contributed by atoms with Crippen molar-refractivity contribution >= 4 is 15.7 Å². The van der Waals surface area contributed by atoms with E-state index in [1.54, 1.807) is 25.2 Å². The molecule has 0 aromatic heterocycles. The van der Waals surface area contributed by atoms with Gasteiger partial charge in [0.1, 0.15) is 4.90 Å². The summed E-state index contributed by atoms with van der Waals surface area (Å²) in [6.07, 6.45) is 1.12. The molecule has 1 saturated carbocycles. The van der Waals surface area contributed by atoms with Gasteiger partial charge in [-0.25, -0.2) is 12.7 Å². The lowest BCUT2D eigenvalue weighted by atomic mass is 9.82. The van der Waals surface area contributed by atoms with Gasteiger partial charge in [0.15, 0.2) is 0 Å². The van der Waals surface area contributed by atoms with Crippen molar-refractivity contribution in [1.82, 2.24) is 4.31 Å². The molecule has 0 unspecified atom stereocenters. The highest BCUT2D eigenvalue weighted by atomic mass is 32.2. The van der Waals surface area contributed by atoms with Crippen LogP contribution >= 0.6 is 0 Å². The van der Waals surface area contributed by atoms with Gasteiger partial charge < -0.3 is 10.4 Å². The van der Waals surface area contributed by atoms with E-state index >= 15 is 0 Å². The first-order valence-corrected chi connectivity index (χ1v) is 8.36. The Balaban J connectivity index is 2.16. The number of aliphatic hydroxyl groups is 1. The lowest BCUT2D eigenvalue weighted by Gasteiger charge is -2.34. The smallest absolute Gasteiger partial charge is 0.244 e. The third-order valence-electron chi connectivity index (χ3n) is 3.67. The quantitative estimate of drug-likeness (QED) is 0.835. The fourth-order valence-electron chi connectivity index (χ4n) is 2.51. The second-order valence-corrected chi connectivity index (χ2v) is 7.32. The minimum atomic E-state index is -3.49. The van der Waals surface area contributed by atoms with Crippen molar-refractivity contribution in [1.29, 1.82) is 0 Å². The number of rotatable bonds is 6. The Kier molecular flexibility index (Phi) is 4.67. The Bertz CT molecular complexity index is 553. The zero-order valence-electron chi connectivity index (χ0n) is 11.9. The largest absolute Gasteiger partial charge is 0.393 e. The van der Waals surface area contributed by atoms with Gasteiger partial charge in [0.2, 0.25) is 10.0 Å². The van der Waals surface area contributed by atoms with Gasteiger partial charge in [0, 0.05) is 20.1 Å². The molecule has 2 N–H and O–H groups in total. The summed E-state index contributed by atoms with van der Waals surface area (Å²) < 4.78 is 26.6. The Morgan fingerprint density at radius 3 is 2.60 bits per heavy atom. The predicted octanol–water partition coefficient (Wildman–Crippen LogP) is 1.51. The van der Waals surface area contributed by atoms with E-state index in [9.17, 15) is 13.5 Å². The second kappa shape index (κ2) is 6.11. The van der Waals surface area contributed by atoms with Gasteiger partial charge in [-0.2, -0.15) is 0 Å². The van der Waals surface area contributed by atoms with E-state index in [2.05, 4.69) is 5.32 Å². The number of hydrogen-bond donors (Lipinski definition) is 2. The summed E-state index contributed by atoms with van der Waals surface area (Å²) in [5.41, 5.74) is 0.635. The molecule has 0 spiro atoms. The molecular formula is C14H22N2O3S. The highest BCUT2D eigenvalue weighted by molar-refractivity contribution is 7.89. The summed E-state index contributed by atoms with van der Waals surface area (Å²) in [4.78, 5) is 0.309. The molecule has 0 radical (unpaired) electrons. The molecule has 1 aromatic carbocycles. The van der Waals surface area contributed by atoms with E-state index in [0.29, 0.717) is 36.5 Å². The highest BCUT2D eigenvalue weighted by Gasteiger charge is 2.32. The number of aliphatic hydroxyl groups excluding tert-OH is 1. The third-order valence-corrected chi connectivity index (χ3v) is 5.55. The molecule has 1 aromatic rings. The van der Waals surface area contributed by atoms with Crippen LogP contribution in [0.15, 0.2) is 29.2 Å². The average Bonchev–Trinajstić information content (AvgIpc) is 2.37. The van der Waals surface area contributed by atoms with Crippen molar-refractivity contribution in [3.05, 3.63) is 24.3 Å². The molecule has 0 aliphatic heterocycles. The van der Waals surface area contributed by atoms with E-state index in [1.165, 1.54) is 4.31 Å². The van der Waals surface area contributed by atoms with Crippen LogP contribution in [0.1, 0.15) is 19.8 Å². The van der Waals surface area contributed by atoms with E-state index in [4.69, 9.17) is 0 Å². The molecule has 0 bridgehead atoms. The topological polar surface area (TPSA) is 69.6 Å². The van der Waals surface area contributed by atoms with Crippen molar-refractivity contribution in [3.63, 3.8) is 0 Å². The van der Waals surface area contributed by atoms with Gasteiger partial charge in [0.25, 0.3) is 0 Å². The molecule has 0 atom stereocenters. The summed E-state index contributed by atoms with van der Waals surface area (Å²) in [6.45, 7) is 3.06. The van der Waals surface area contributed by atoms with E-state index < -0.39 is 10.0 Å². The maximum Gasteiger partial charge on any atom is 0.244 e. The normalized spacial score (nSPS) is 22.6. The lowest BCUT2D eigenvalue weighted by Crippen LogP contribution is -2.39. The molecule has 2 rings (SSSR count). The van der Waals surface area contributed by atoms with Gasteiger partial charge in [-0.15, -0.1) is 0 Å². The Hall–Kier alpha value is -1.11. The fourth-order valence-corrected chi connectivity index (χ4v) is 3.92. The number of nitrogens with zero attached hydrogens (tertiary/aromatic N) is 1. The summed E-state index contributed by atoms with van der Waals surface area (Å²) in [7, 11) is -1.89. The molecule has 20 heavy (non-hydrogen) atoms. The number of benzene rings is 1. The van der Waals surface area contributed by atoms with Crippen LogP contribution < -0.4 is 5.32 Å². The second-order valence-electron chi connectivity index (χ2n) is 5.30. The third kappa shape index (κ3) is 3.13. The summed E-state index contributed by atoms with van der Waals surface area (Å²) in [5.74, 6) is 0.260. The molecule has 5 nitrogen and oxygen atoms in total. The summed E-state index contributed by atoms with van der Waals surface area (Å²) in [5, 5.41) is 12.4. The number of nitrogens with one attached hydrogen (secondary N) is 1. The maximum absolute atomic E-state index is 12.6. The van der Waals surface area contributed by atoms with Gasteiger partial charge in [-0.1, -0.05) is 12.1 Å². The van der Waals surface area contributed by atoms with Crippen LogP contribution in [0.2, 0.25) is 0 Å². The first-order chi connectivity index (χ1) is 9.45. The molecule has 6 heteroatoms. The lowest BCUT2D eigenvalue weighted by molar-refractivity contribution is 0.0367. The molecule has 0 amide bonds. The van der Waals surface area contributed by atoms with Crippen LogP contribution in [-0.2, 0) is 10.0 Å². The van der Waals surface area contributed by atoms with Crippen LogP contribution in [0.5, 0.6) is 0 Å². The van der Waals surface area contributed by atoms with Crippen LogP contribution in [0.4, 0.5) is 5.69 Å². The SMILES string of the molecule is CCNc1ccccc1S(=O)(=O)N(C)CC1CC(O)C1. The van der Waals surface area contributed by atoms with Gasteiger partial charge in [-0.3, -0.25) is 0 Å². The fraction of sp³-hybridized carbons (Fsp3) is 0.571. The van der Waals surface area contributed by atoms with Crippen molar-refractivity contribution < 1.29 is 13.5 Å². The number of para-hydroxylation sites is 1. The van der Waals surface area contributed by atoms with Crippen LogP contribution in [0, 0.1) is 5.92 Å². The monoisotopic (exact) mass is 298 g/mol. The molecule has 1 aliphatic carbocycles. The Labute approximate surface area is 120 Å².